The standard InChI is InChI=1S/C10H19BN/c1-10(2)6-7-11-8-4-3-5-9(8)12-10/h8-9,12H,3-7H2,1-2H3/t8?,9-/m0/s1. The lowest BCUT2D eigenvalue weighted by molar-refractivity contribution is 0.335. The number of rotatable bonds is 0. The van der Waals surface area contributed by atoms with Gasteiger partial charge in [-0.15, -0.1) is 0 Å². The van der Waals surface area contributed by atoms with E-state index >= 15 is 0 Å². The molecule has 12 heavy (non-hydrogen) atoms. The van der Waals surface area contributed by atoms with Gasteiger partial charge >= 0.3 is 0 Å². The molecule has 1 saturated carbocycles. The lowest BCUT2D eigenvalue weighted by Gasteiger charge is -2.29. The predicted octanol–water partition coefficient (Wildman–Crippen LogP) is 2.22. The van der Waals surface area contributed by atoms with Crippen LogP contribution < -0.4 is 5.32 Å². The average molecular weight is 164 g/mol. The van der Waals surface area contributed by atoms with Crippen molar-refractivity contribution in [2.45, 2.75) is 63.2 Å². The topological polar surface area (TPSA) is 12.0 Å². The van der Waals surface area contributed by atoms with Gasteiger partial charge in [0.25, 0.3) is 0 Å². The van der Waals surface area contributed by atoms with Crippen molar-refractivity contribution < 1.29 is 0 Å². The van der Waals surface area contributed by atoms with E-state index in [9.17, 15) is 0 Å². The van der Waals surface area contributed by atoms with Crippen molar-refractivity contribution in [2.75, 3.05) is 0 Å². The Hall–Kier alpha value is 0.0249. The highest BCUT2D eigenvalue weighted by Gasteiger charge is 2.34. The van der Waals surface area contributed by atoms with Crippen molar-refractivity contribution in [3.05, 3.63) is 0 Å². The lowest BCUT2D eigenvalue weighted by Crippen LogP contribution is -2.44. The Labute approximate surface area is 76.5 Å². The number of hydrogen-bond acceptors (Lipinski definition) is 1. The summed E-state index contributed by atoms with van der Waals surface area (Å²) in [7, 11) is 2.55. The van der Waals surface area contributed by atoms with Gasteiger partial charge in [0.2, 0.25) is 0 Å². The van der Waals surface area contributed by atoms with Gasteiger partial charge in [-0.2, -0.15) is 0 Å². The molecule has 0 amide bonds. The minimum Gasteiger partial charge on any atom is -0.310 e. The Balaban J connectivity index is 2.04. The third-order valence-electron chi connectivity index (χ3n) is 3.38. The summed E-state index contributed by atoms with van der Waals surface area (Å²) < 4.78 is 0. The highest BCUT2D eigenvalue weighted by Crippen LogP contribution is 2.35. The average Bonchev–Trinajstić information content (AvgIpc) is 2.31. The Morgan fingerprint density at radius 3 is 3.00 bits per heavy atom. The van der Waals surface area contributed by atoms with Gasteiger partial charge in [-0.3, -0.25) is 0 Å². The van der Waals surface area contributed by atoms with Crippen LogP contribution in [0.15, 0.2) is 0 Å². The lowest BCUT2D eigenvalue weighted by atomic mass is 9.59. The summed E-state index contributed by atoms with van der Waals surface area (Å²) in [5, 5.41) is 3.79. The van der Waals surface area contributed by atoms with Crippen LogP contribution >= 0.6 is 0 Å². The largest absolute Gasteiger partial charge is 0.310 e. The summed E-state index contributed by atoms with van der Waals surface area (Å²) in [5.41, 5.74) is 0.375. The maximum absolute atomic E-state index is 3.79. The fourth-order valence-electron chi connectivity index (χ4n) is 2.68. The molecular formula is C10H19BN. The minimum absolute atomic E-state index is 0.375. The SMILES string of the molecule is CC1(C)CC[B]C2CCC[C@@H]2N1. The van der Waals surface area contributed by atoms with Gasteiger partial charge in [0.1, 0.15) is 7.28 Å². The second-order valence-corrected chi connectivity index (χ2v) is 5.00. The molecule has 1 unspecified atom stereocenters. The van der Waals surface area contributed by atoms with Gasteiger partial charge in [-0.05, 0) is 26.7 Å². The third kappa shape index (κ3) is 1.68. The number of fused-ring (bicyclic) bond motifs is 1. The van der Waals surface area contributed by atoms with Crippen molar-refractivity contribution in [3.8, 4) is 0 Å². The molecule has 0 aromatic heterocycles. The van der Waals surface area contributed by atoms with Gasteiger partial charge in [-0.25, -0.2) is 0 Å². The van der Waals surface area contributed by atoms with Crippen LogP contribution in [0.3, 0.4) is 0 Å². The second-order valence-electron chi connectivity index (χ2n) is 5.00. The van der Waals surface area contributed by atoms with E-state index in [1.54, 1.807) is 0 Å². The third-order valence-corrected chi connectivity index (χ3v) is 3.38. The van der Waals surface area contributed by atoms with Crippen molar-refractivity contribution in [1.82, 2.24) is 5.32 Å². The van der Waals surface area contributed by atoms with Crippen LogP contribution in [-0.4, -0.2) is 18.9 Å². The Morgan fingerprint density at radius 1 is 1.33 bits per heavy atom. The van der Waals surface area contributed by atoms with Crippen molar-refractivity contribution in [1.29, 1.82) is 0 Å². The smallest absolute Gasteiger partial charge is 0.115 e. The molecule has 1 N–H and O–H groups in total. The first-order chi connectivity index (χ1) is 5.67. The quantitative estimate of drug-likeness (QED) is 0.541. The van der Waals surface area contributed by atoms with Gasteiger partial charge in [-0.1, -0.05) is 25.0 Å². The zero-order valence-electron chi connectivity index (χ0n) is 8.27. The molecule has 0 aromatic carbocycles. The molecule has 2 heteroatoms. The molecule has 67 valence electrons. The maximum Gasteiger partial charge on any atom is 0.115 e. The van der Waals surface area contributed by atoms with Crippen LogP contribution in [0.5, 0.6) is 0 Å². The van der Waals surface area contributed by atoms with Crippen LogP contribution in [0.4, 0.5) is 0 Å². The van der Waals surface area contributed by atoms with Gasteiger partial charge in [0, 0.05) is 11.6 Å². The van der Waals surface area contributed by atoms with Gasteiger partial charge < -0.3 is 5.32 Å². The van der Waals surface area contributed by atoms with Crippen LogP contribution in [0.2, 0.25) is 12.1 Å². The molecule has 0 spiro atoms. The first kappa shape index (κ1) is 8.62. The van der Waals surface area contributed by atoms with Crippen molar-refractivity contribution in [2.24, 2.45) is 0 Å². The Morgan fingerprint density at radius 2 is 2.17 bits per heavy atom. The molecule has 1 nitrogen and oxygen atoms in total. The number of hydrogen-bond donors (Lipinski definition) is 1. The van der Waals surface area contributed by atoms with Crippen LogP contribution in [0.1, 0.15) is 39.5 Å². The molecule has 0 aromatic rings. The Kier molecular flexibility index (Phi) is 2.20. The monoisotopic (exact) mass is 164 g/mol. The van der Waals surface area contributed by atoms with E-state index < -0.39 is 0 Å². The fraction of sp³-hybridized carbons (Fsp3) is 1.00. The first-order valence-electron chi connectivity index (χ1n) is 5.28. The molecule has 1 aliphatic heterocycles. The van der Waals surface area contributed by atoms with Crippen molar-refractivity contribution in [3.63, 3.8) is 0 Å². The Bertz CT molecular complexity index is 167. The fourth-order valence-corrected chi connectivity index (χ4v) is 2.68. The van der Waals surface area contributed by atoms with E-state index in [0.29, 0.717) is 5.54 Å². The molecule has 2 rings (SSSR count). The van der Waals surface area contributed by atoms with Gasteiger partial charge in [0.05, 0.1) is 0 Å². The van der Waals surface area contributed by atoms with E-state index in [1.807, 2.05) is 0 Å². The zero-order valence-corrected chi connectivity index (χ0v) is 8.27. The summed E-state index contributed by atoms with van der Waals surface area (Å²) in [4.78, 5) is 0. The van der Waals surface area contributed by atoms with Gasteiger partial charge in [0.15, 0.2) is 0 Å². The summed E-state index contributed by atoms with van der Waals surface area (Å²) in [5.74, 6) is 0.881. The van der Waals surface area contributed by atoms with E-state index in [-0.39, 0.29) is 0 Å². The molecular weight excluding hydrogens is 145 g/mol. The predicted molar refractivity (Wildman–Crippen MR) is 53.8 cm³/mol. The molecule has 1 aliphatic carbocycles. The normalized spacial score (nSPS) is 39.8. The van der Waals surface area contributed by atoms with Crippen LogP contribution in [0, 0.1) is 0 Å². The summed E-state index contributed by atoms with van der Waals surface area (Å²) >= 11 is 0. The van der Waals surface area contributed by atoms with Crippen LogP contribution in [0.25, 0.3) is 0 Å². The van der Waals surface area contributed by atoms with E-state index in [0.717, 1.165) is 11.9 Å². The maximum atomic E-state index is 3.79. The molecule has 0 bridgehead atoms. The summed E-state index contributed by atoms with van der Waals surface area (Å²) in [6.45, 7) is 4.67. The second kappa shape index (κ2) is 3.06. The molecule has 1 radical (unpaired) electrons. The molecule has 2 fully saturated rings. The summed E-state index contributed by atoms with van der Waals surface area (Å²) in [6.07, 6.45) is 6.86. The first-order valence-corrected chi connectivity index (χ1v) is 5.28. The minimum atomic E-state index is 0.375. The van der Waals surface area contributed by atoms with Crippen molar-refractivity contribution >= 4 is 7.28 Å². The highest BCUT2D eigenvalue weighted by atomic mass is 15.0. The zero-order chi connectivity index (χ0) is 8.60. The summed E-state index contributed by atoms with van der Waals surface area (Å²) in [6, 6.07) is 0.794. The van der Waals surface area contributed by atoms with Crippen LogP contribution in [-0.2, 0) is 0 Å². The number of nitrogens with one attached hydrogen (secondary N) is 1. The van der Waals surface area contributed by atoms with E-state index in [1.165, 1.54) is 32.0 Å². The molecule has 2 atom stereocenters. The molecule has 1 saturated heterocycles. The van der Waals surface area contributed by atoms with E-state index in [2.05, 4.69) is 26.4 Å². The molecule has 2 aliphatic rings. The molecule has 1 heterocycles. The van der Waals surface area contributed by atoms with E-state index in [4.69, 9.17) is 0 Å². The highest BCUT2D eigenvalue weighted by molar-refractivity contribution is 6.38.